The summed E-state index contributed by atoms with van der Waals surface area (Å²) in [5.74, 6) is -0.310. The molecule has 19 heavy (non-hydrogen) atoms. The lowest BCUT2D eigenvalue weighted by Crippen LogP contribution is -2.32. The molecule has 1 unspecified atom stereocenters. The topological polar surface area (TPSA) is 92.8 Å². The molecule has 0 aromatic heterocycles. The van der Waals surface area contributed by atoms with E-state index in [9.17, 15) is 13.2 Å². The van der Waals surface area contributed by atoms with Crippen LogP contribution in [0.2, 0.25) is 0 Å². The van der Waals surface area contributed by atoms with Crippen molar-refractivity contribution in [1.29, 1.82) is 0 Å². The molecule has 1 heterocycles. The fourth-order valence-corrected chi connectivity index (χ4v) is 2.80. The molecular formula is C12H23N3O3S. The first-order valence-electron chi connectivity index (χ1n) is 6.74. The van der Waals surface area contributed by atoms with Gasteiger partial charge in [0.25, 0.3) is 5.91 Å². The van der Waals surface area contributed by atoms with Gasteiger partial charge in [-0.15, -0.1) is 0 Å². The van der Waals surface area contributed by atoms with E-state index in [1.807, 2.05) is 6.92 Å². The van der Waals surface area contributed by atoms with Gasteiger partial charge in [-0.05, 0) is 19.4 Å². The summed E-state index contributed by atoms with van der Waals surface area (Å²) in [4.78, 5) is 12.1. The van der Waals surface area contributed by atoms with E-state index >= 15 is 0 Å². The van der Waals surface area contributed by atoms with E-state index in [1.165, 1.54) is 5.01 Å². The molecule has 1 aliphatic rings. The first kappa shape index (κ1) is 16.1. The van der Waals surface area contributed by atoms with Gasteiger partial charge in [0.1, 0.15) is 0 Å². The number of sulfone groups is 1. The Morgan fingerprint density at radius 2 is 2.05 bits per heavy atom. The first-order valence-corrected chi connectivity index (χ1v) is 8.56. The number of nitrogens with two attached hydrogens (primary N) is 1. The van der Waals surface area contributed by atoms with Crippen molar-refractivity contribution in [3.63, 3.8) is 0 Å². The molecule has 0 radical (unpaired) electrons. The van der Waals surface area contributed by atoms with Crippen molar-refractivity contribution in [2.75, 3.05) is 24.6 Å². The lowest BCUT2D eigenvalue weighted by atomic mass is 9.96. The van der Waals surface area contributed by atoms with Gasteiger partial charge in [0, 0.05) is 5.75 Å². The molecule has 0 spiro atoms. The minimum Gasteiger partial charge on any atom is -0.330 e. The molecule has 7 heteroatoms. The van der Waals surface area contributed by atoms with Crippen LogP contribution in [0, 0.1) is 5.92 Å². The Balaban J connectivity index is 2.72. The minimum atomic E-state index is -3.08. The third-order valence-corrected chi connectivity index (χ3v) is 4.90. The maximum Gasteiger partial charge on any atom is 0.251 e. The highest BCUT2D eigenvalue weighted by molar-refractivity contribution is 7.91. The monoisotopic (exact) mass is 289 g/mol. The molecule has 0 saturated carbocycles. The summed E-state index contributed by atoms with van der Waals surface area (Å²) in [7, 11) is -3.08. The molecule has 1 aliphatic heterocycles. The molecule has 1 atom stereocenters. The van der Waals surface area contributed by atoms with E-state index in [1.54, 1.807) is 6.92 Å². The molecule has 110 valence electrons. The van der Waals surface area contributed by atoms with E-state index in [0.29, 0.717) is 13.0 Å². The van der Waals surface area contributed by atoms with Gasteiger partial charge in [-0.3, -0.25) is 4.79 Å². The van der Waals surface area contributed by atoms with Crippen molar-refractivity contribution >= 4 is 21.5 Å². The van der Waals surface area contributed by atoms with E-state index < -0.39 is 9.84 Å². The van der Waals surface area contributed by atoms with Crippen LogP contribution in [0.15, 0.2) is 5.10 Å². The second-order valence-electron chi connectivity index (χ2n) is 4.67. The third kappa shape index (κ3) is 4.28. The minimum absolute atomic E-state index is 0.0342. The van der Waals surface area contributed by atoms with E-state index in [-0.39, 0.29) is 29.9 Å². The van der Waals surface area contributed by atoms with E-state index in [2.05, 4.69) is 5.10 Å². The summed E-state index contributed by atoms with van der Waals surface area (Å²) in [5, 5.41) is 5.58. The van der Waals surface area contributed by atoms with Crippen molar-refractivity contribution in [2.45, 2.75) is 33.1 Å². The van der Waals surface area contributed by atoms with Gasteiger partial charge in [-0.2, -0.15) is 5.10 Å². The van der Waals surface area contributed by atoms with Gasteiger partial charge < -0.3 is 5.73 Å². The molecule has 0 bridgehead atoms. The van der Waals surface area contributed by atoms with Crippen molar-refractivity contribution in [3.05, 3.63) is 0 Å². The third-order valence-electron chi connectivity index (χ3n) is 3.22. The summed E-state index contributed by atoms with van der Waals surface area (Å²) in [6.07, 6.45) is 2.25. The van der Waals surface area contributed by atoms with Crippen LogP contribution >= 0.6 is 0 Å². The summed E-state index contributed by atoms with van der Waals surface area (Å²) < 4.78 is 22.9. The molecule has 6 nitrogen and oxygen atoms in total. The number of amides is 1. The molecule has 1 rings (SSSR count). The van der Waals surface area contributed by atoms with Crippen molar-refractivity contribution in [3.8, 4) is 0 Å². The van der Waals surface area contributed by atoms with Gasteiger partial charge in [-0.25, -0.2) is 13.4 Å². The average Bonchev–Trinajstić information content (AvgIpc) is 2.66. The highest BCUT2D eigenvalue weighted by Gasteiger charge is 2.34. The predicted octanol–water partition coefficient (Wildman–Crippen LogP) is 0.384. The molecule has 0 saturated heterocycles. The molecule has 0 aliphatic carbocycles. The fraction of sp³-hybridized carbons (Fsp3) is 0.833. The zero-order chi connectivity index (χ0) is 14.5. The Labute approximate surface area is 114 Å². The first-order chi connectivity index (χ1) is 8.95. The summed E-state index contributed by atoms with van der Waals surface area (Å²) in [6, 6.07) is 0. The van der Waals surface area contributed by atoms with Crippen LogP contribution in [0.4, 0.5) is 0 Å². The summed E-state index contributed by atoms with van der Waals surface area (Å²) >= 11 is 0. The van der Waals surface area contributed by atoms with Crippen molar-refractivity contribution in [2.24, 2.45) is 16.8 Å². The Kier molecular flexibility index (Phi) is 5.93. The Bertz CT molecular complexity index is 445. The number of hydrogen-bond acceptors (Lipinski definition) is 5. The van der Waals surface area contributed by atoms with Crippen LogP contribution in [0.25, 0.3) is 0 Å². The number of hydrogen-bond donors (Lipinski definition) is 1. The fourth-order valence-electron chi connectivity index (χ4n) is 2.06. The van der Waals surface area contributed by atoms with Crippen LogP contribution < -0.4 is 5.73 Å². The number of rotatable bonds is 8. The maximum atomic E-state index is 12.1. The molecular weight excluding hydrogens is 266 g/mol. The Morgan fingerprint density at radius 3 is 2.58 bits per heavy atom. The second kappa shape index (κ2) is 7.00. The molecule has 2 N–H and O–H groups in total. The van der Waals surface area contributed by atoms with Gasteiger partial charge in [0.2, 0.25) is 0 Å². The van der Waals surface area contributed by atoms with Crippen molar-refractivity contribution < 1.29 is 13.2 Å². The van der Waals surface area contributed by atoms with Crippen LogP contribution in [-0.2, 0) is 14.6 Å². The largest absolute Gasteiger partial charge is 0.330 e. The molecule has 0 fully saturated rings. The molecule has 1 amide bonds. The number of carbonyl (C=O) groups excluding carboxylic acids is 1. The summed E-state index contributed by atoms with van der Waals surface area (Å²) in [5.41, 5.74) is 6.36. The Morgan fingerprint density at radius 1 is 1.37 bits per heavy atom. The molecule has 0 aromatic rings. The van der Waals surface area contributed by atoms with Crippen LogP contribution in [0.5, 0.6) is 0 Å². The van der Waals surface area contributed by atoms with Gasteiger partial charge in [-0.1, -0.05) is 20.3 Å². The van der Waals surface area contributed by atoms with Gasteiger partial charge >= 0.3 is 0 Å². The second-order valence-corrected chi connectivity index (χ2v) is 7.14. The van der Waals surface area contributed by atoms with E-state index in [4.69, 9.17) is 5.73 Å². The van der Waals surface area contributed by atoms with Gasteiger partial charge in [0.05, 0.1) is 23.9 Å². The quantitative estimate of drug-likeness (QED) is 0.699. The van der Waals surface area contributed by atoms with Crippen LogP contribution in [0.1, 0.15) is 33.1 Å². The summed E-state index contributed by atoms with van der Waals surface area (Å²) in [6.45, 7) is 4.20. The van der Waals surface area contributed by atoms with E-state index in [0.717, 1.165) is 18.6 Å². The number of carbonyl (C=O) groups is 1. The van der Waals surface area contributed by atoms with Crippen LogP contribution in [-0.4, -0.2) is 49.6 Å². The predicted molar refractivity (Wildman–Crippen MR) is 75.5 cm³/mol. The van der Waals surface area contributed by atoms with Crippen LogP contribution in [0.3, 0.4) is 0 Å². The normalized spacial score (nSPS) is 19.9. The zero-order valence-electron chi connectivity index (χ0n) is 11.6. The maximum absolute atomic E-state index is 12.1. The van der Waals surface area contributed by atoms with Gasteiger partial charge in [0.15, 0.2) is 9.84 Å². The number of hydrazone groups is 1. The highest BCUT2D eigenvalue weighted by atomic mass is 32.2. The van der Waals surface area contributed by atoms with Crippen molar-refractivity contribution in [1.82, 2.24) is 5.01 Å². The Hall–Kier alpha value is -0.950. The average molecular weight is 289 g/mol. The zero-order valence-corrected chi connectivity index (χ0v) is 12.4. The lowest BCUT2D eigenvalue weighted by Gasteiger charge is -2.13. The SMILES string of the molecule is CCCC1=NN(CCS(=O)(=O)CC)C(=O)C1CCN. The smallest absolute Gasteiger partial charge is 0.251 e. The standard InChI is InChI=1S/C12H23N3O3S/c1-3-5-11-10(6-7-13)12(16)15(14-11)8-9-19(17,18)4-2/h10H,3-9,13H2,1-2H3. The lowest BCUT2D eigenvalue weighted by molar-refractivity contribution is -0.131. The molecule has 0 aromatic carbocycles. The number of nitrogens with zero attached hydrogens (tertiary/aromatic N) is 2. The highest BCUT2D eigenvalue weighted by Crippen LogP contribution is 2.21.